The highest BCUT2D eigenvalue weighted by molar-refractivity contribution is 7.98. The third-order valence-electron chi connectivity index (χ3n) is 4.43. The van der Waals surface area contributed by atoms with Gasteiger partial charge in [-0.15, -0.1) is 0 Å². The molecule has 1 fully saturated rings. The fraction of sp³-hybridized carbons (Fsp3) is 0.300. The summed E-state index contributed by atoms with van der Waals surface area (Å²) >= 11 is 1.69. The molecule has 4 nitrogen and oxygen atoms in total. The molecule has 1 aliphatic heterocycles. The molecular formula is C20H21NO3S. The van der Waals surface area contributed by atoms with Crippen LogP contribution in [0.4, 0.5) is 0 Å². The summed E-state index contributed by atoms with van der Waals surface area (Å²) in [5, 5.41) is 9.50. The first-order valence-corrected chi connectivity index (χ1v) is 9.49. The van der Waals surface area contributed by atoms with Crippen LogP contribution in [0.2, 0.25) is 0 Å². The van der Waals surface area contributed by atoms with E-state index in [-0.39, 0.29) is 11.8 Å². The quantitative estimate of drug-likeness (QED) is 0.827. The van der Waals surface area contributed by atoms with Gasteiger partial charge in [-0.25, -0.2) is 4.79 Å². The van der Waals surface area contributed by atoms with E-state index < -0.39 is 12.0 Å². The van der Waals surface area contributed by atoms with Crippen LogP contribution >= 0.6 is 11.8 Å². The molecule has 0 spiro atoms. The van der Waals surface area contributed by atoms with E-state index in [0.717, 1.165) is 11.3 Å². The minimum Gasteiger partial charge on any atom is -0.480 e. The van der Waals surface area contributed by atoms with E-state index >= 15 is 0 Å². The number of hydrogen-bond donors (Lipinski definition) is 1. The molecule has 1 N–H and O–H groups in total. The fourth-order valence-corrected chi connectivity index (χ4v) is 4.23. The van der Waals surface area contributed by atoms with Crippen molar-refractivity contribution in [2.24, 2.45) is 5.92 Å². The summed E-state index contributed by atoms with van der Waals surface area (Å²) in [6.07, 6.45) is 0.392. The summed E-state index contributed by atoms with van der Waals surface area (Å²) in [4.78, 5) is 25.8. The molecule has 1 saturated heterocycles. The molecule has 2 aromatic rings. The largest absolute Gasteiger partial charge is 0.480 e. The standard InChI is InChI=1S/C20H21NO3S/c22-19-17(14-25-13-16-9-5-2-6-10-16)11-18(20(23)24)21(19)12-15-7-3-1-4-8-15/h1-10,17-18H,11-14H2,(H,23,24). The summed E-state index contributed by atoms with van der Waals surface area (Å²) in [7, 11) is 0. The SMILES string of the molecule is O=C(O)C1CC(CSCc2ccccc2)C(=O)N1Cc1ccccc1. The average Bonchev–Trinajstić information content (AvgIpc) is 2.93. The number of carbonyl (C=O) groups excluding carboxylic acids is 1. The molecule has 0 aromatic heterocycles. The predicted molar refractivity (Wildman–Crippen MR) is 99.1 cm³/mol. The van der Waals surface area contributed by atoms with Crippen LogP contribution in [-0.2, 0) is 21.9 Å². The molecule has 0 aliphatic carbocycles. The van der Waals surface area contributed by atoms with Crippen molar-refractivity contribution in [1.82, 2.24) is 4.90 Å². The number of amides is 1. The summed E-state index contributed by atoms with van der Waals surface area (Å²) in [6, 6.07) is 18.9. The highest BCUT2D eigenvalue weighted by Crippen LogP contribution is 2.30. The van der Waals surface area contributed by atoms with Crippen LogP contribution in [0.25, 0.3) is 0 Å². The molecular weight excluding hydrogens is 334 g/mol. The van der Waals surface area contributed by atoms with Gasteiger partial charge in [0, 0.05) is 24.0 Å². The Morgan fingerprint density at radius 3 is 2.24 bits per heavy atom. The second-order valence-electron chi connectivity index (χ2n) is 6.24. The normalized spacial score (nSPS) is 20.0. The zero-order chi connectivity index (χ0) is 17.6. The first-order chi connectivity index (χ1) is 12.1. The average molecular weight is 355 g/mol. The molecule has 0 saturated carbocycles. The van der Waals surface area contributed by atoms with Crippen molar-refractivity contribution >= 4 is 23.6 Å². The topological polar surface area (TPSA) is 57.6 Å². The summed E-state index contributed by atoms with van der Waals surface area (Å²) in [5.41, 5.74) is 2.17. The van der Waals surface area contributed by atoms with Crippen LogP contribution in [0.1, 0.15) is 17.5 Å². The van der Waals surface area contributed by atoms with Crippen molar-refractivity contribution in [2.75, 3.05) is 5.75 Å². The van der Waals surface area contributed by atoms with Crippen LogP contribution in [0.15, 0.2) is 60.7 Å². The Labute approximate surface area is 151 Å². The molecule has 1 heterocycles. The van der Waals surface area contributed by atoms with Gasteiger partial charge in [-0.1, -0.05) is 60.7 Å². The van der Waals surface area contributed by atoms with Crippen LogP contribution < -0.4 is 0 Å². The lowest BCUT2D eigenvalue weighted by atomic mass is 10.1. The van der Waals surface area contributed by atoms with Crippen molar-refractivity contribution in [2.45, 2.75) is 24.8 Å². The minimum absolute atomic E-state index is 0.0446. The summed E-state index contributed by atoms with van der Waals surface area (Å²) < 4.78 is 0. The van der Waals surface area contributed by atoms with E-state index in [1.54, 1.807) is 11.8 Å². The molecule has 130 valence electrons. The van der Waals surface area contributed by atoms with Gasteiger partial charge in [-0.05, 0) is 17.5 Å². The van der Waals surface area contributed by atoms with E-state index in [1.807, 2.05) is 48.5 Å². The molecule has 0 bridgehead atoms. The van der Waals surface area contributed by atoms with Crippen molar-refractivity contribution in [3.63, 3.8) is 0 Å². The number of nitrogens with zero attached hydrogens (tertiary/aromatic N) is 1. The number of carboxylic acid groups (broad SMARTS) is 1. The van der Waals surface area contributed by atoms with Crippen LogP contribution in [0.3, 0.4) is 0 Å². The van der Waals surface area contributed by atoms with Gasteiger partial charge in [0.15, 0.2) is 0 Å². The smallest absolute Gasteiger partial charge is 0.326 e. The Hall–Kier alpha value is -2.27. The van der Waals surface area contributed by atoms with Crippen molar-refractivity contribution in [3.05, 3.63) is 71.8 Å². The van der Waals surface area contributed by atoms with E-state index in [2.05, 4.69) is 12.1 Å². The van der Waals surface area contributed by atoms with Gasteiger partial charge in [0.1, 0.15) is 6.04 Å². The lowest BCUT2D eigenvalue weighted by Crippen LogP contribution is -2.38. The maximum Gasteiger partial charge on any atom is 0.326 e. The fourth-order valence-electron chi connectivity index (χ4n) is 3.12. The molecule has 2 unspecified atom stereocenters. The minimum atomic E-state index is -0.917. The third-order valence-corrected chi connectivity index (χ3v) is 5.60. The molecule has 3 rings (SSSR count). The molecule has 1 aliphatic rings. The zero-order valence-electron chi connectivity index (χ0n) is 13.9. The van der Waals surface area contributed by atoms with Crippen LogP contribution in [0.5, 0.6) is 0 Å². The number of benzene rings is 2. The number of carboxylic acids is 1. The second kappa shape index (κ2) is 8.21. The van der Waals surface area contributed by atoms with Gasteiger partial charge in [0.2, 0.25) is 5.91 Å². The molecule has 5 heteroatoms. The number of carbonyl (C=O) groups is 2. The zero-order valence-corrected chi connectivity index (χ0v) is 14.7. The lowest BCUT2D eigenvalue weighted by Gasteiger charge is -2.21. The lowest BCUT2D eigenvalue weighted by molar-refractivity contribution is -0.146. The maximum absolute atomic E-state index is 12.7. The van der Waals surface area contributed by atoms with Crippen LogP contribution in [-0.4, -0.2) is 33.7 Å². The summed E-state index contributed by atoms with van der Waals surface area (Å²) in [5.74, 6) is 0.305. The number of likely N-dealkylation sites (tertiary alicyclic amines) is 1. The Balaban J connectivity index is 1.61. The molecule has 2 atom stereocenters. The Morgan fingerprint density at radius 1 is 1.04 bits per heavy atom. The van der Waals surface area contributed by atoms with Gasteiger partial charge < -0.3 is 10.0 Å². The van der Waals surface area contributed by atoms with Gasteiger partial charge in [0.05, 0.1) is 0 Å². The highest BCUT2D eigenvalue weighted by atomic mass is 32.2. The van der Waals surface area contributed by atoms with E-state index in [4.69, 9.17) is 0 Å². The molecule has 25 heavy (non-hydrogen) atoms. The number of thioether (sulfide) groups is 1. The van der Waals surface area contributed by atoms with Gasteiger partial charge in [-0.2, -0.15) is 11.8 Å². The van der Waals surface area contributed by atoms with Gasteiger partial charge >= 0.3 is 5.97 Å². The monoisotopic (exact) mass is 355 g/mol. The first-order valence-electron chi connectivity index (χ1n) is 8.34. The van der Waals surface area contributed by atoms with Crippen molar-refractivity contribution in [3.8, 4) is 0 Å². The molecule has 0 radical (unpaired) electrons. The van der Waals surface area contributed by atoms with Crippen molar-refractivity contribution < 1.29 is 14.7 Å². The Morgan fingerprint density at radius 2 is 1.64 bits per heavy atom. The van der Waals surface area contributed by atoms with Gasteiger partial charge in [-0.3, -0.25) is 4.79 Å². The number of hydrogen-bond acceptors (Lipinski definition) is 3. The van der Waals surface area contributed by atoms with Crippen LogP contribution in [0, 0.1) is 5.92 Å². The predicted octanol–water partition coefficient (Wildman–Crippen LogP) is 3.42. The van der Waals surface area contributed by atoms with E-state index in [1.165, 1.54) is 10.5 Å². The summed E-state index contributed by atoms with van der Waals surface area (Å²) in [6.45, 7) is 0.358. The number of rotatable bonds is 7. The van der Waals surface area contributed by atoms with E-state index in [0.29, 0.717) is 18.7 Å². The molecule has 2 aromatic carbocycles. The van der Waals surface area contributed by atoms with Gasteiger partial charge in [0.25, 0.3) is 0 Å². The second-order valence-corrected chi connectivity index (χ2v) is 7.27. The van der Waals surface area contributed by atoms with Crippen molar-refractivity contribution in [1.29, 1.82) is 0 Å². The molecule has 1 amide bonds. The Kier molecular flexibility index (Phi) is 5.76. The van der Waals surface area contributed by atoms with E-state index in [9.17, 15) is 14.7 Å². The first kappa shape index (κ1) is 17.5. The Bertz CT molecular complexity index is 720. The maximum atomic E-state index is 12.7. The number of aliphatic carboxylic acids is 1. The third kappa shape index (κ3) is 4.42. The highest BCUT2D eigenvalue weighted by Gasteiger charge is 2.42.